The Morgan fingerprint density at radius 3 is 2.20 bits per heavy atom. The van der Waals surface area contributed by atoms with E-state index in [0.29, 0.717) is 0 Å². The van der Waals surface area contributed by atoms with Gasteiger partial charge in [-0.25, -0.2) is 0 Å². The molecule has 98 valence electrons. The Hall–Kier alpha value is -2.39. The number of aromatic amines is 1. The molecule has 0 atom stereocenters. The van der Waals surface area contributed by atoms with Gasteiger partial charge in [0.15, 0.2) is 0 Å². The number of nitrogens with one attached hydrogen (secondary N) is 2. The van der Waals surface area contributed by atoms with Crippen LogP contribution < -0.4 is 5.32 Å². The SMILES string of the molecule is c1ccc2c(c1)-c1ccccc1C2NCc1cn[nH]c1. The second-order valence-electron chi connectivity index (χ2n) is 5.09. The third-order valence-electron chi connectivity index (χ3n) is 3.90. The van der Waals surface area contributed by atoms with Gasteiger partial charge in [-0.15, -0.1) is 0 Å². The van der Waals surface area contributed by atoms with E-state index in [4.69, 9.17) is 0 Å². The quantitative estimate of drug-likeness (QED) is 0.759. The molecular weight excluding hydrogens is 246 g/mol. The van der Waals surface area contributed by atoms with Gasteiger partial charge in [-0.3, -0.25) is 5.10 Å². The number of hydrogen-bond acceptors (Lipinski definition) is 2. The third kappa shape index (κ3) is 1.75. The molecule has 0 bridgehead atoms. The number of hydrogen-bond donors (Lipinski definition) is 2. The molecule has 0 unspecified atom stereocenters. The summed E-state index contributed by atoms with van der Waals surface area (Å²) in [5.74, 6) is 0. The van der Waals surface area contributed by atoms with Gasteiger partial charge in [-0.2, -0.15) is 5.10 Å². The minimum absolute atomic E-state index is 0.261. The van der Waals surface area contributed by atoms with Crippen molar-refractivity contribution in [3.63, 3.8) is 0 Å². The molecule has 3 nitrogen and oxygen atoms in total. The van der Waals surface area contributed by atoms with Crippen LogP contribution in [0.5, 0.6) is 0 Å². The molecule has 3 aromatic rings. The molecule has 0 amide bonds. The van der Waals surface area contributed by atoms with Crippen molar-refractivity contribution in [3.05, 3.63) is 77.6 Å². The maximum absolute atomic E-state index is 3.99. The van der Waals surface area contributed by atoms with Gasteiger partial charge in [0, 0.05) is 18.3 Å². The molecule has 2 N–H and O–H groups in total. The first-order chi connectivity index (χ1) is 9.93. The molecule has 2 aromatic carbocycles. The zero-order chi connectivity index (χ0) is 13.4. The first kappa shape index (κ1) is 11.4. The first-order valence-electron chi connectivity index (χ1n) is 6.83. The van der Waals surface area contributed by atoms with Crippen LogP contribution in [0.25, 0.3) is 11.1 Å². The predicted octanol–water partition coefficient (Wildman–Crippen LogP) is 3.27. The van der Waals surface area contributed by atoms with Crippen LogP contribution in [-0.4, -0.2) is 10.2 Å². The second-order valence-corrected chi connectivity index (χ2v) is 5.09. The van der Waals surface area contributed by atoms with Gasteiger partial charge in [0.1, 0.15) is 0 Å². The number of aromatic nitrogens is 2. The van der Waals surface area contributed by atoms with Crippen molar-refractivity contribution >= 4 is 0 Å². The summed E-state index contributed by atoms with van der Waals surface area (Å²) in [4.78, 5) is 0. The molecule has 0 spiro atoms. The van der Waals surface area contributed by atoms with E-state index >= 15 is 0 Å². The predicted molar refractivity (Wildman–Crippen MR) is 79.1 cm³/mol. The van der Waals surface area contributed by atoms with E-state index in [1.165, 1.54) is 27.8 Å². The van der Waals surface area contributed by atoms with Crippen molar-refractivity contribution in [1.82, 2.24) is 15.5 Å². The Kier molecular flexibility index (Phi) is 2.64. The van der Waals surface area contributed by atoms with E-state index in [2.05, 4.69) is 64.0 Å². The minimum Gasteiger partial charge on any atom is -0.302 e. The molecule has 0 saturated heterocycles. The highest BCUT2D eigenvalue weighted by Crippen LogP contribution is 2.42. The van der Waals surface area contributed by atoms with E-state index in [1.807, 2.05) is 12.4 Å². The van der Waals surface area contributed by atoms with Crippen molar-refractivity contribution in [2.24, 2.45) is 0 Å². The van der Waals surface area contributed by atoms with E-state index in [-0.39, 0.29) is 6.04 Å². The van der Waals surface area contributed by atoms with Gasteiger partial charge in [0.25, 0.3) is 0 Å². The molecule has 0 radical (unpaired) electrons. The fourth-order valence-electron chi connectivity index (χ4n) is 2.97. The maximum atomic E-state index is 3.99. The molecule has 3 heteroatoms. The third-order valence-corrected chi connectivity index (χ3v) is 3.90. The molecular formula is C17H15N3. The summed E-state index contributed by atoms with van der Waals surface area (Å²) in [6.45, 7) is 0.809. The summed E-state index contributed by atoms with van der Waals surface area (Å²) in [6, 6.07) is 17.5. The van der Waals surface area contributed by atoms with Crippen LogP contribution in [0.1, 0.15) is 22.7 Å². The highest BCUT2D eigenvalue weighted by atomic mass is 15.1. The lowest BCUT2D eigenvalue weighted by Crippen LogP contribution is -2.19. The molecule has 0 saturated carbocycles. The molecule has 4 rings (SSSR count). The van der Waals surface area contributed by atoms with Gasteiger partial charge in [-0.1, -0.05) is 48.5 Å². The Bertz CT molecular complexity index is 686. The molecule has 1 aliphatic carbocycles. The van der Waals surface area contributed by atoms with E-state index in [1.54, 1.807) is 0 Å². The van der Waals surface area contributed by atoms with Gasteiger partial charge in [0.05, 0.1) is 12.2 Å². The summed E-state index contributed by atoms with van der Waals surface area (Å²) >= 11 is 0. The average Bonchev–Trinajstić information content (AvgIpc) is 3.11. The fourth-order valence-corrected chi connectivity index (χ4v) is 2.97. The Balaban J connectivity index is 1.72. The first-order valence-corrected chi connectivity index (χ1v) is 6.83. The lowest BCUT2D eigenvalue weighted by atomic mass is 10.1. The number of H-pyrrole nitrogens is 1. The fraction of sp³-hybridized carbons (Fsp3) is 0.118. The van der Waals surface area contributed by atoms with Gasteiger partial charge in [-0.05, 0) is 22.3 Å². The van der Waals surface area contributed by atoms with Gasteiger partial charge in [0.2, 0.25) is 0 Å². The zero-order valence-electron chi connectivity index (χ0n) is 11.0. The van der Waals surface area contributed by atoms with Crippen LogP contribution in [-0.2, 0) is 6.54 Å². The van der Waals surface area contributed by atoms with Crippen LogP contribution in [0, 0.1) is 0 Å². The normalized spacial score (nSPS) is 13.2. The highest BCUT2D eigenvalue weighted by Gasteiger charge is 2.27. The van der Waals surface area contributed by atoms with E-state index in [9.17, 15) is 0 Å². The van der Waals surface area contributed by atoms with Gasteiger partial charge < -0.3 is 5.32 Å². The van der Waals surface area contributed by atoms with Crippen molar-refractivity contribution in [1.29, 1.82) is 0 Å². The number of fused-ring (bicyclic) bond motifs is 3. The lowest BCUT2D eigenvalue weighted by molar-refractivity contribution is 0.616. The maximum Gasteiger partial charge on any atom is 0.0591 e. The summed E-state index contributed by atoms with van der Waals surface area (Å²) < 4.78 is 0. The molecule has 20 heavy (non-hydrogen) atoms. The van der Waals surface area contributed by atoms with Crippen LogP contribution in [0.4, 0.5) is 0 Å². The minimum atomic E-state index is 0.261. The Morgan fingerprint density at radius 1 is 0.950 bits per heavy atom. The largest absolute Gasteiger partial charge is 0.302 e. The number of benzene rings is 2. The second kappa shape index (κ2) is 4.62. The smallest absolute Gasteiger partial charge is 0.0591 e. The zero-order valence-corrected chi connectivity index (χ0v) is 11.0. The van der Waals surface area contributed by atoms with Crippen LogP contribution in [0.3, 0.4) is 0 Å². The van der Waals surface area contributed by atoms with Crippen LogP contribution in [0.15, 0.2) is 60.9 Å². The summed E-state index contributed by atoms with van der Waals surface area (Å²) in [5, 5.41) is 10.5. The molecule has 1 aliphatic rings. The van der Waals surface area contributed by atoms with Crippen LogP contribution in [0.2, 0.25) is 0 Å². The Morgan fingerprint density at radius 2 is 1.60 bits per heavy atom. The average molecular weight is 261 g/mol. The van der Waals surface area contributed by atoms with Crippen molar-refractivity contribution in [3.8, 4) is 11.1 Å². The Labute approximate surface area is 117 Å². The van der Waals surface area contributed by atoms with Crippen LogP contribution >= 0.6 is 0 Å². The molecule has 1 heterocycles. The van der Waals surface area contributed by atoms with E-state index < -0.39 is 0 Å². The van der Waals surface area contributed by atoms with Crippen molar-refractivity contribution in [2.45, 2.75) is 12.6 Å². The summed E-state index contributed by atoms with van der Waals surface area (Å²) in [5.41, 5.74) is 6.57. The van der Waals surface area contributed by atoms with E-state index in [0.717, 1.165) is 6.54 Å². The topological polar surface area (TPSA) is 40.7 Å². The van der Waals surface area contributed by atoms with Crippen molar-refractivity contribution in [2.75, 3.05) is 0 Å². The lowest BCUT2D eigenvalue weighted by Gasteiger charge is -2.15. The molecule has 0 fully saturated rings. The highest BCUT2D eigenvalue weighted by molar-refractivity contribution is 5.78. The number of rotatable bonds is 3. The van der Waals surface area contributed by atoms with Crippen molar-refractivity contribution < 1.29 is 0 Å². The molecule has 1 aromatic heterocycles. The summed E-state index contributed by atoms with van der Waals surface area (Å²) in [7, 11) is 0. The molecule has 0 aliphatic heterocycles. The number of nitrogens with zero attached hydrogens (tertiary/aromatic N) is 1. The standard InChI is InChI=1S/C17H15N3/c1-3-7-15-13(5-1)14-6-2-4-8-16(14)17(15)18-9-12-10-19-20-11-12/h1-8,10-11,17-18H,9H2,(H,19,20). The van der Waals surface area contributed by atoms with Gasteiger partial charge >= 0.3 is 0 Å². The summed E-state index contributed by atoms with van der Waals surface area (Å²) in [6.07, 6.45) is 3.79. The monoisotopic (exact) mass is 261 g/mol.